The van der Waals surface area contributed by atoms with Gasteiger partial charge in [-0.05, 0) is 0 Å². The Bertz CT molecular complexity index is 170. The summed E-state index contributed by atoms with van der Waals surface area (Å²) in [6.45, 7) is -0.863. The lowest BCUT2D eigenvalue weighted by atomic mass is 10.0. The van der Waals surface area contributed by atoms with E-state index in [0.29, 0.717) is 0 Å². The summed E-state index contributed by atoms with van der Waals surface area (Å²) in [5.41, 5.74) is 0. The van der Waals surface area contributed by atoms with Crippen molar-refractivity contribution in [2.75, 3.05) is 6.61 Å². The fourth-order valence-corrected chi connectivity index (χ4v) is 0.662. The SMILES string of the molecule is O=C([O-])C(O)[C@H](O)[C@@H](O)[C@@H](O)CO. The molecule has 0 aromatic carbocycles. The van der Waals surface area contributed by atoms with Gasteiger partial charge in [-0.2, -0.15) is 0 Å². The van der Waals surface area contributed by atoms with Crippen LogP contribution in [0, 0.1) is 0 Å². The highest BCUT2D eigenvalue weighted by Gasteiger charge is 2.30. The van der Waals surface area contributed by atoms with Crippen LogP contribution in [0.25, 0.3) is 0 Å². The van der Waals surface area contributed by atoms with Gasteiger partial charge in [0.25, 0.3) is 0 Å². The van der Waals surface area contributed by atoms with E-state index in [9.17, 15) is 9.90 Å². The van der Waals surface area contributed by atoms with Gasteiger partial charge in [-0.3, -0.25) is 0 Å². The third kappa shape index (κ3) is 3.25. The average Bonchev–Trinajstić information content (AvgIpc) is 2.12. The molecule has 7 heteroatoms. The number of carbonyl (C=O) groups is 1. The van der Waals surface area contributed by atoms with E-state index < -0.39 is 37.0 Å². The topological polar surface area (TPSA) is 141 Å². The van der Waals surface area contributed by atoms with Gasteiger partial charge in [0, 0.05) is 0 Å². The van der Waals surface area contributed by atoms with Gasteiger partial charge >= 0.3 is 0 Å². The molecule has 0 radical (unpaired) electrons. The maximum atomic E-state index is 9.98. The van der Waals surface area contributed by atoms with E-state index in [1.807, 2.05) is 0 Å². The van der Waals surface area contributed by atoms with Crippen molar-refractivity contribution in [3.05, 3.63) is 0 Å². The summed E-state index contributed by atoms with van der Waals surface area (Å²) in [4.78, 5) is 9.98. The van der Waals surface area contributed by atoms with Crippen molar-refractivity contribution in [3.8, 4) is 0 Å². The molecule has 0 amide bonds. The second kappa shape index (κ2) is 5.10. The fourth-order valence-electron chi connectivity index (χ4n) is 0.662. The summed E-state index contributed by atoms with van der Waals surface area (Å²) in [5.74, 6) is -1.98. The number of hydrogen-bond acceptors (Lipinski definition) is 7. The van der Waals surface area contributed by atoms with Crippen LogP contribution in [-0.2, 0) is 4.79 Å². The fraction of sp³-hybridized carbons (Fsp3) is 0.833. The van der Waals surface area contributed by atoms with Crippen LogP contribution in [0.3, 0.4) is 0 Å². The van der Waals surface area contributed by atoms with Crippen molar-refractivity contribution in [1.82, 2.24) is 0 Å². The largest absolute Gasteiger partial charge is 0.547 e. The zero-order chi connectivity index (χ0) is 10.6. The lowest BCUT2D eigenvalue weighted by Crippen LogP contribution is -2.52. The van der Waals surface area contributed by atoms with E-state index in [1.54, 1.807) is 0 Å². The predicted octanol–water partition coefficient (Wildman–Crippen LogP) is -4.83. The van der Waals surface area contributed by atoms with Gasteiger partial charge in [0.1, 0.15) is 24.4 Å². The third-order valence-electron chi connectivity index (χ3n) is 1.50. The van der Waals surface area contributed by atoms with E-state index in [0.717, 1.165) is 0 Å². The summed E-state index contributed by atoms with van der Waals surface area (Å²) >= 11 is 0. The summed E-state index contributed by atoms with van der Waals surface area (Å²) in [6, 6.07) is 0. The van der Waals surface area contributed by atoms with Crippen LogP contribution in [0.4, 0.5) is 0 Å². The van der Waals surface area contributed by atoms with Crippen LogP contribution in [-0.4, -0.2) is 62.5 Å². The van der Waals surface area contributed by atoms with E-state index in [-0.39, 0.29) is 0 Å². The standard InChI is InChI=1S/C6H12O7/c7-1-2(8)3(9)4(10)5(11)6(12)13/h2-5,7-11H,1H2,(H,12,13)/p-1/t2-,3-,4+,5?/m0/s1. The molecule has 0 aromatic heterocycles. The molecule has 1 unspecified atom stereocenters. The molecule has 4 atom stereocenters. The van der Waals surface area contributed by atoms with E-state index in [4.69, 9.17) is 25.5 Å². The number of aliphatic hydroxyl groups is 5. The van der Waals surface area contributed by atoms with E-state index in [1.165, 1.54) is 0 Å². The van der Waals surface area contributed by atoms with Crippen molar-refractivity contribution in [3.63, 3.8) is 0 Å². The molecule has 0 spiro atoms. The first-order valence-corrected chi connectivity index (χ1v) is 3.45. The van der Waals surface area contributed by atoms with Crippen LogP contribution in [0.1, 0.15) is 0 Å². The van der Waals surface area contributed by atoms with Crippen molar-refractivity contribution in [2.24, 2.45) is 0 Å². The van der Waals surface area contributed by atoms with Crippen molar-refractivity contribution in [1.29, 1.82) is 0 Å². The Kier molecular flexibility index (Phi) is 4.81. The smallest absolute Gasteiger partial charge is 0.122 e. The van der Waals surface area contributed by atoms with Crippen LogP contribution in [0.5, 0.6) is 0 Å². The molecular formula is C6H11O7-. The maximum absolute atomic E-state index is 9.98. The number of carboxylic acid groups (broad SMARTS) is 1. The number of carboxylic acids is 1. The predicted molar refractivity (Wildman–Crippen MR) is 36.1 cm³/mol. The highest BCUT2D eigenvalue weighted by molar-refractivity contribution is 5.70. The Morgan fingerprint density at radius 2 is 1.62 bits per heavy atom. The Balaban J connectivity index is 4.24. The number of aliphatic carboxylic acids is 1. The Hall–Kier alpha value is -0.730. The maximum Gasteiger partial charge on any atom is 0.122 e. The van der Waals surface area contributed by atoms with Gasteiger partial charge in [-0.15, -0.1) is 0 Å². The molecule has 0 rings (SSSR count). The van der Waals surface area contributed by atoms with Crippen molar-refractivity contribution in [2.45, 2.75) is 24.4 Å². The van der Waals surface area contributed by atoms with Gasteiger partial charge in [-0.1, -0.05) is 0 Å². The summed E-state index contributed by atoms with van der Waals surface area (Å²) < 4.78 is 0. The first-order chi connectivity index (χ1) is 5.91. The molecule has 13 heavy (non-hydrogen) atoms. The quantitative estimate of drug-likeness (QED) is 0.296. The molecule has 0 saturated carbocycles. The molecule has 0 aliphatic carbocycles. The first-order valence-electron chi connectivity index (χ1n) is 3.45. The van der Waals surface area contributed by atoms with E-state index >= 15 is 0 Å². The molecule has 0 aromatic rings. The summed E-state index contributed by atoms with van der Waals surface area (Å²) in [6.07, 6.45) is -8.08. The Labute approximate surface area is 73.5 Å². The Morgan fingerprint density at radius 1 is 1.15 bits per heavy atom. The van der Waals surface area contributed by atoms with Crippen molar-refractivity contribution < 1.29 is 35.4 Å². The molecule has 0 bridgehead atoms. The van der Waals surface area contributed by atoms with Crippen LogP contribution < -0.4 is 5.11 Å². The molecule has 7 nitrogen and oxygen atoms in total. The van der Waals surface area contributed by atoms with E-state index in [2.05, 4.69) is 0 Å². The zero-order valence-corrected chi connectivity index (χ0v) is 6.57. The highest BCUT2D eigenvalue weighted by atomic mass is 16.4. The average molecular weight is 195 g/mol. The number of carbonyl (C=O) groups excluding carboxylic acids is 1. The molecule has 0 fully saturated rings. The Morgan fingerprint density at radius 3 is 1.92 bits per heavy atom. The van der Waals surface area contributed by atoms with Crippen LogP contribution in [0.2, 0.25) is 0 Å². The number of hydrogen-bond donors (Lipinski definition) is 5. The molecule has 78 valence electrons. The molecule has 0 heterocycles. The monoisotopic (exact) mass is 195 g/mol. The second-order valence-electron chi connectivity index (χ2n) is 2.49. The minimum absolute atomic E-state index is 0.863. The molecule has 5 N–H and O–H groups in total. The minimum Gasteiger partial charge on any atom is -0.547 e. The summed E-state index contributed by atoms with van der Waals surface area (Å²) in [5, 5.41) is 53.4. The molecule has 0 aliphatic heterocycles. The number of aliphatic hydroxyl groups excluding tert-OH is 5. The van der Waals surface area contributed by atoms with Gasteiger partial charge in [0.15, 0.2) is 0 Å². The minimum atomic E-state index is -2.31. The normalized spacial score (nSPS) is 20.4. The number of rotatable bonds is 5. The van der Waals surface area contributed by atoms with Gasteiger partial charge in [0.05, 0.1) is 12.6 Å². The molecule has 0 saturated heterocycles. The van der Waals surface area contributed by atoms with Gasteiger partial charge in [0.2, 0.25) is 0 Å². The third-order valence-corrected chi connectivity index (χ3v) is 1.50. The van der Waals surface area contributed by atoms with Crippen molar-refractivity contribution >= 4 is 5.97 Å². The second-order valence-corrected chi connectivity index (χ2v) is 2.49. The lowest BCUT2D eigenvalue weighted by molar-refractivity contribution is -0.320. The van der Waals surface area contributed by atoms with Crippen LogP contribution >= 0.6 is 0 Å². The molecule has 0 aliphatic rings. The highest BCUT2D eigenvalue weighted by Crippen LogP contribution is 2.04. The zero-order valence-electron chi connectivity index (χ0n) is 6.57. The summed E-state index contributed by atoms with van der Waals surface area (Å²) in [7, 11) is 0. The first kappa shape index (κ1) is 12.3. The van der Waals surface area contributed by atoms with Gasteiger partial charge < -0.3 is 35.4 Å². The van der Waals surface area contributed by atoms with Crippen LogP contribution in [0.15, 0.2) is 0 Å². The van der Waals surface area contributed by atoms with Gasteiger partial charge in [-0.25, -0.2) is 0 Å². The lowest BCUT2D eigenvalue weighted by Gasteiger charge is -2.25. The molecular weight excluding hydrogens is 184 g/mol.